The number of carbonyl (C=O) groups excluding carboxylic acids is 1. The maximum Gasteiger partial charge on any atom is 0.410 e. The summed E-state index contributed by atoms with van der Waals surface area (Å²) in [5.41, 5.74) is 7.09. The van der Waals surface area contributed by atoms with E-state index in [1.165, 1.54) is 0 Å². The smallest absolute Gasteiger partial charge is 0.410 e. The lowest BCUT2D eigenvalue weighted by Gasteiger charge is -2.27. The predicted octanol–water partition coefficient (Wildman–Crippen LogP) is 2.72. The molecule has 0 spiro atoms. The maximum absolute atomic E-state index is 12.2. The molecule has 0 aromatic heterocycles. The summed E-state index contributed by atoms with van der Waals surface area (Å²) in [7, 11) is 1.61. The van der Waals surface area contributed by atoms with E-state index in [9.17, 15) is 4.79 Å². The number of carbonyl (C=O) groups is 1. The van der Waals surface area contributed by atoms with Gasteiger partial charge in [-0.05, 0) is 39.3 Å². The fourth-order valence-corrected chi connectivity index (χ4v) is 2.58. The van der Waals surface area contributed by atoms with Crippen molar-refractivity contribution in [3.05, 3.63) is 18.2 Å². The molecule has 0 atom stereocenters. The summed E-state index contributed by atoms with van der Waals surface area (Å²) < 4.78 is 10.7. The van der Waals surface area contributed by atoms with Gasteiger partial charge in [0.05, 0.1) is 12.8 Å². The van der Waals surface area contributed by atoms with Crippen LogP contribution in [0.15, 0.2) is 18.2 Å². The highest BCUT2D eigenvalue weighted by Crippen LogP contribution is 2.28. The number of nitrogens with zero attached hydrogens (tertiary/aromatic N) is 2. The number of amides is 1. The van der Waals surface area contributed by atoms with Gasteiger partial charge in [-0.1, -0.05) is 0 Å². The topological polar surface area (TPSA) is 68.0 Å². The van der Waals surface area contributed by atoms with Crippen LogP contribution in [0.5, 0.6) is 5.75 Å². The Morgan fingerprint density at radius 2 is 1.91 bits per heavy atom. The lowest BCUT2D eigenvalue weighted by molar-refractivity contribution is 0.0263. The molecule has 1 aliphatic rings. The van der Waals surface area contributed by atoms with E-state index < -0.39 is 5.60 Å². The lowest BCUT2D eigenvalue weighted by atomic mass is 10.2. The normalized spacial score (nSPS) is 16.0. The van der Waals surface area contributed by atoms with Crippen LogP contribution < -0.4 is 15.4 Å². The fourth-order valence-electron chi connectivity index (χ4n) is 2.58. The number of rotatable bonds is 2. The molecule has 2 N–H and O–H groups in total. The summed E-state index contributed by atoms with van der Waals surface area (Å²) >= 11 is 0. The molecule has 6 heteroatoms. The molecule has 23 heavy (non-hydrogen) atoms. The van der Waals surface area contributed by atoms with Gasteiger partial charge >= 0.3 is 6.09 Å². The van der Waals surface area contributed by atoms with Gasteiger partial charge in [0.15, 0.2) is 0 Å². The Bertz CT molecular complexity index is 555. The Morgan fingerprint density at radius 1 is 1.17 bits per heavy atom. The number of hydrogen-bond acceptors (Lipinski definition) is 5. The van der Waals surface area contributed by atoms with E-state index in [0.717, 1.165) is 25.2 Å². The van der Waals surface area contributed by atoms with Crippen LogP contribution in [0.25, 0.3) is 0 Å². The van der Waals surface area contributed by atoms with Crippen molar-refractivity contribution >= 4 is 17.5 Å². The summed E-state index contributed by atoms with van der Waals surface area (Å²) in [6.45, 7) is 8.64. The van der Waals surface area contributed by atoms with E-state index in [2.05, 4.69) is 4.90 Å². The van der Waals surface area contributed by atoms with Gasteiger partial charge in [-0.2, -0.15) is 0 Å². The van der Waals surface area contributed by atoms with Gasteiger partial charge in [0, 0.05) is 37.9 Å². The van der Waals surface area contributed by atoms with Gasteiger partial charge in [0.25, 0.3) is 0 Å². The minimum atomic E-state index is -0.465. The third-order valence-electron chi connectivity index (χ3n) is 3.73. The zero-order valence-electron chi connectivity index (χ0n) is 14.5. The zero-order chi connectivity index (χ0) is 17.0. The molecule has 0 radical (unpaired) electrons. The molecule has 0 saturated carbocycles. The second-order valence-electron chi connectivity index (χ2n) is 6.73. The predicted molar refractivity (Wildman–Crippen MR) is 92.0 cm³/mol. The van der Waals surface area contributed by atoms with Crippen LogP contribution >= 0.6 is 0 Å². The van der Waals surface area contributed by atoms with E-state index in [0.29, 0.717) is 24.5 Å². The molecule has 2 rings (SSSR count). The van der Waals surface area contributed by atoms with Crippen molar-refractivity contribution < 1.29 is 14.3 Å². The highest BCUT2D eigenvalue weighted by Gasteiger charge is 2.24. The zero-order valence-corrected chi connectivity index (χ0v) is 14.5. The lowest BCUT2D eigenvalue weighted by Crippen LogP contribution is -2.39. The molecule has 6 nitrogen and oxygen atoms in total. The molecular formula is C17H27N3O3. The highest BCUT2D eigenvalue weighted by molar-refractivity contribution is 5.68. The van der Waals surface area contributed by atoms with Crippen molar-refractivity contribution in [2.24, 2.45) is 0 Å². The van der Waals surface area contributed by atoms with Crippen LogP contribution in [0.1, 0.15) is 27.2 Å². The molecule has 0 bridgehead atoms. The van der Waals surface area contributed by atoms with Crippen LogP contribution in [-0.2, 0) is 4.74 Å². The molecule has 1 saturated heterocycles. The maximum atomic E-state index is 12.2. The monoisotopic (exact) mass is 321 g/mol. The summed E-state index contributed by atoms with van der Waals surface area (Å²) in [5.74, 6) is 0.677. The second kappa shape index (κ2) is 6.98. The van der Waals surface area contributed by atoms with E-state index >= 15 is 0 Å². The van der Waals surface area contributed by atoms with Crippen molar-refractivity contribution in [3.63, 3.8) is 0 Å². The molecule has 128 valence electrons. The summed E-state index contributed by atoms with van der Waals surface area (Å²) in [6.07, 6.45) is 0.653. The molecule has 1 heterocycles. The fraction of sp³-hybridized carbons (Fsp3) is 0.588. The van der Waals surface area contributed by atoms with Crippen LogP contribution in [0.3, 0.4) is 0 Å². The van der Waals surface area contributed by atoms with E-state index in [1.807, 2.05) is 39.0 Å². The number of hydrogen-bond donors (Lipinski definition) is 1. The number of nitrogen functional groups attached to an aromatic ring is 1. The number of ether oxygens (including phenoxy) is 2. The average molecular weight is 321 g/mol. The largest absolute Gasteiger partial charge is 0.495 e. The highest BCUT2D eigenvalue weighted by atomic mass is 16.6. The van der Waals surface area contributed by atoms with Crippen LogP contribution in [0.2, 0.25) is 0 Å². The van der Waals surface area contributed by atoms with Gasteiger partial charge in [-0.25, -0.2) is 4.79 Å². The summed E-state index contributed by atoms with van der Waals surface area (Å²) in [5, 5.41) is 0. The summed E-state index contributed by atoms with van der Waals surface area (Å²) in [6, 6.07) is 5.78. The molecule has 1 amide bonds. The molecule has 0 unspecified atom stereocenters. The number of benzene rings is 1. The first-order valence-electron chi connectivity index (χ1n) is 7.96. The van der Waals surface area contributed by atoms with Crippen LogP contribution in [-0.4, -0.2) is 49.9 Å². The molecule has 1 aliphatic heterocycles. The minimum Gasteiger partial charge on any atom is -0.495 e. The quantitative estimate of drug-likeness (QED) is 0.848. The van der Waals surface area contributed by atoms with Crippen molar-refractivity contribution in [1.82, 2.24) is 4.90 Å². The minimum absolute atomic E-state index is 0.241. The second-order valence-corrected chi connectivity index (χ2v) is 6.73. The summed E-state index contributed by atoms with van der Waals surface area (Å²) in [4.78, 5) is 16.2. The standard InChI is InChI=1S/C17H27N3O3/c1-17(2,3)23-16(21)20-9-5-8-19(10-11-20)13-6-7-14(18)15(12-13)22-4/h6-7,12H,5,8-11,18H2,1-4H3. The number of anilines is 2. The van der Waals surface area contributed by atoms with Crippen molar-refractivity contribution in [1.29, 1.82) is 0 Å². The Kier molecular flexibility index (Phi) is 5.23. The van der Waals surface area contributed by atoms with E-state index in [4.69, 9.17) is 15.2 Å². The van der Waals surface area contributed by atoms with Crippen molar-refractivity contribution in [2.45, 2.75) is 32.8 Å². The SMILES string of the molecule is COc1cc(N2CCCN(C(=O)OC(C)(C)C)CC2)ccc1N. The average Bonchev–Trinajstić information content (AvgIpc) is 2.72. The van der Waals surface area contributed by atoms with Crippen molar-refractivity contribution in [2.75, 3.05) is 43.9 Å². The van der Waals surface area contributed by atoms with Gasteiger partial charge < -0.3 is 25.0 Å². The Balaban J connectivity index is 2.02. The van der Waals surface area contributed by atoms with Crippen molar-refractivity contribution in [3.8, 4) is 5.75 Å². The van der Waals surface area contributed by atoms with E-state index in [1.54, 1.807) is 12.0 Å². The third kappa shape index (κ3) is 4.68. The van der Waals surface area contributed by atoms with E-state index in [-0.39, 0.29) is 6.09 Å². The number of nitrogens with two attached hydrogens (primary N) is 1. The molecule has 1 fully saturated rings. The Labute approximate surface area is 138 Å². The Morgan fingerprint density at radius 3 is 2.57 bits per heavy atom. The molecule has 1 aromatic rings. The van der Waals surface area contributed by atoms with Gasteiger partial charge in [-0.15, -0.1) is 0 Å². The van der Waals surface area contributed by atoms with Gasteiger partial charge in [0.2, 0.25) is 0 Å². The Hall–Kier alpha value is -2.11. The molecule has 0 aliphatic carbocycles. The first-order valence-corrected chi connectivity index (χ1v) is 7.96. The first-order chi connectivity index (χ1) is 10.8. The molecular weight excluding hydrogens is 294 g/mol. The van der Waals surface area contributed by atoms with Gasteiger partial charge in [0.1, 0.15) is 11.4 Å². The van der Waals surface area contributed by atoms with Crippen LogP contribution in [0, 0.1) is 0 Å². The first kappa shape index (κ1) is 17.2. The molecule has 1 aromatic carbocycles. The van der Waals surface area contributed by atoms with Gasteiger partial charge in [-0.3, -0.25) is 0 Å². The third-order valence-corrected chi connectivity index (χ3v) is 3.73. The van der Waals surface area contributed by atoms with Crippen LogP contribution in [0.4, 0.5) is 16.2 Å². The number of methoxy groups -OCH3 is 1.